The fourth-order valence-electron chi connectivity index (χ4n) is 2.48. The average molecular weight is 225 g/mol. The summed E-state index contributed by atoms with van der Waals surface area (Å²) < 4.78 is 0. The molecular formula is C14H15N3. The highest BCUT2D eigenvalue weighted by molar-refractivity contribution is 5.38. The van der Waals surface area contributed by atoms with E-state index in [4.69, 9.17) is 5.73 Å². The summed E-state index contributed by atoms with van der Waals surface area (Å²) in [4.78, 5) is 8.88. The summed E-state index contributed by atoms with van der Waals surface area (Å²) in [6.45, 7) is 0.502. The van der Waals surface area contributed by atoms with Crippen LogP contribution in [-0.2, 0) is 13.0 Å². The Labute approximate surface area is 101 Å². The van der Waals surface area contributed by atoms with Gasteiger partial charge in [0.2, 0.25) is 0 Å². The van der Waals surface area contributed by atoms with Crippen molar-refractivity contribution < 1.29 is 0 Å². The molecular weight excluding hydrogens is 210 g/mol. The van der Waals surface area contributed by atoms with Gasteiger partial charge in [-0.05, 0) is 24.0 Å². The number of nitrogens with two attached hydrogens (primary N) is 1. The van der Waals surface area contributed by atoms with Crippen molar-refractivity contribution in [1.29, 1.82) is 0 Å². The van der Waals surface area contributed by atoms with Gasteiger partial charge < -0.3 is 5.73 Å². The molecule has 0 fully saturated rings. The number of nitrogens with zero attached hydrogens (tertiary/aromatic N) is 2. The maximum Gasteiger partial charge on any atom is 0.135 e. The number of benzene rings is 1. The van der Waals surface area contributed by atoms with Crippen molar-refractivity contribution in [3.63, 3.8) is 0 Å². The second kappa shape index (κ2) is 4.26. The lowest BCUT2D eigenvalue weighted by Crippen LogP contribution is -2.05. The molecule has 1 heterocycles. The number of hydrogen-bond donors (Lipinski definition) is 1. The van der Waals surface area contributed by atoms with Gasteiger partial charge in [-0.3, -0.25) is 0 Å². The third kappa shape index (κ3) is 1.83. The van der Waals surface area contributed by atoms with E-state index in [1.165, 1.54) is 11.1 Å². The molecule has 1 unspecified atom stereocenters. The zero-order valence-corrected chi connectivity index (χ0v) is 9.63. The second-order valence-corrected chi connectivity index (χ2v) is 4.44. The molecule has 0 saturated heterocycles. The van der Waals surface area contributed by atoms with Crippen LogP contribution in [0.3, 0.4) is 0 Å². The van der Waals surface area contributed by atoms with Gasteiger partial charge in [-0.1, -0.05) is 24.3 Å². The molecule has 3 nitrogen and oxygen atoms in total. The molecule has 2 N–H and O–H groups in total. The molecule has 0 saturated carbocycles. The van der Waals surface area contributed by atoms with E-state index in [-0.39, 0.29) is 0 Å². The van der Waals surface area contributed by atoms with Crippen LogP contribution in [-0.4, -0.2) is 9.97 Å². The van der Waals surface area contributed by atoms with Crippen molar-refractivity contribution >= 4 is 0 Å². The number of rotatable bonds is 2. The maximum absolute atomic E-state index is 5.55. The summed E-state index contributed by atoms with van der Waals surface area (Å²) in [7, 11) is 0. The van der Waals surface area contributed by atoms with Crippen molar-refractivity contribution in [2.75, 3.05) is 0 Å². The molecule has 17 heavy (non-hydrogen) atoms. The van der Waals surface area contributed by atoms with Crippen LogP contribution < -0.4 is 5.73 Å². The zero-order chi connectivity index (χ0) is 11.7. The molecule has 0 bridgehead atoms. The number of aryl methyl sites for hydroxylation is 1. The Balaban J connectivity index is 1.95. The number of fused-ring (bicyclic) bond motifs is 1. The third-order valence-corrected chi connectivity index (χ3v) is 3.41. The van der Waals surface area contributed by atoms with Crippen LogP contribution in [0.5, 0.6) is 0 Å². The maximum atomic E-state index is 5.55. The Morgan fingerprint density at radius 3 is 2.71 bits per heavy atom. The van der Waals surface area contributed by atoms with Crippen molar-refractivity contribution in [3.05, 3.63) is 59.2 Å². The highest BCUT2D eigenvalue weighted by atomic mass is 14.9. The second-order valence-electron chi connectivity index (χ2n) is 4.44. The monoisotopic (exact) mass is 225 g/mol. The van der Waals surface area contributed by atoms with Gasteiger partial charge in [-0.2, -0.15) is 0 Å². The first kappa shape index (κ1) is 10.4. The van der Waals surface area contributed by atoms with Gasteiger partial charge in [0.25, 0.3) is 0 Å². The van der Waals surface area contributed by atoms with Crippen molar-refractivity contribution in [3.8, 4) is 0 Å². The number of aromatic nitrogens is 2. The molecule has 0 aliphatic heterocycles. The van der Waals surface area contributed by atoms with Gasteiger partial charge in [0.05, 0.1) is 0 Å². The zero-order valence-electron chi connectivity index (χ0n) is 9.63. The molecule has 1 aliphatic carbocycles. The van der Waals surface area contributed by atoms with Gasteiger partial charge in [0, 0.05) is 30.4 Å². The van der Waals surface area contributed by atoms with E-state index in [9.17, 15) is 0 Å². The molecule has 86 valence electrons. The van der Waals surface area contributed by atoms with Gasteiger partial charge in [-0.15, -0.1) is 0 Å². The average Bonchev–Trinajstić information content (AvgIpc) is 2.83. The van der Waals surface area contributed by atoms with E-state index >= 15 is 0 Å². The number of hydrogen-bond acceptors (Lipinski definition) is 3. The molecule has 1 aromatic heterocycles. The van der Waals surface area contributed by atoms with Crippen LogP contribution in [0.25, 0.3) is 0 Å². The molecule has 0 radical (unpaired) electrons. The summed E-state index contributed by atoms with van der Waals surface area (Å²) >= 11 is 0. The fourth-order valence-corrected chi connectivity index (χ4v) is 2.48. The molecule has 2 aromatic rings. The van der Waals surface area contributed by atoms with E-state index in [2.05, 4.69) is 34.2 Å². The lowest BCUT2D eigenvalue weighted by Gasteiger charge is -2.10. The Morgan fingerprint density at radius 1 is 1.18 bits per heavy atom. The third-order valence-electron chi connectivity index (χ3n) is 3.41. The van der Waals surface area contributed by atoms with Crippen LogP contribution >= 0.6 is 0 Å². The Morgan fingerprint density at radius 2 is 1.94 bits per heavy atom. The first-order valence-electron chi connectivity index (χ1n) is 5.97. The topological polar surface area (TPSA) is 51.8 Å². The molecule has 0 spiro atoms. The summed E-state index contributed by atoms with van der Waals surface area (Å²) in [6.07, 6.45) is 5.91. The Bertz CT molecular complexity index is 519. The molecule has 1 aromatic carbocycles. The van der Waals surface area contributed by atoms with Gasteiger partial charge in [0.1, 0.15) is 5.82 Å². The first-order valence-corrected chi connectivity index (χ1v) is 5.97. The highest BCUT2D eigenvalue weighted by Crippen LogP contribution is 2.35. The molecule has 3 rings (SSSR count). The lowest BCUT2D eigenvalue weighted by atomic mass is 10.0. The SMILES string of the molecule is NCc1cnc(C2CCc3ccccc32)nc1. The highest BCUT2D eigenvalue weighted by Gasteiger charge is 2.25. The fraction of sp³-hybridized carbons (Fsp3) is 0.286. The van der Waals surface area contributed by atoms with Crippen LogP contribution in [0.2, 0.25) is 0 Å². The molecule has 3 heteroatoms. The van der Waals surface area contributed by atoms with E-state index in [1.807, 2.05) is 12.4 Å². The van der Waals surface area contributed by atoms with E-state index in [0.717, 1.165) is 24.2 Å². The largest absolute Gasteiger partial charge is 0.326 e. The van der Waals surface area contributed by atoms with Crippen LogP contribution in [0.1, 0.15) is 34.9 Å². The van der Waals surface area contributed by atoms with E-state index < -0.39 is 0 Å². The summed E-state index contributed by atoms with van der Waals surface area (Å²) in [5.41, 5.74) is 9.35. The van der Waals surface area contributed by atoms with E-state index in [1.54, 1.807) is 0 Å². The van der Waals surface area contributed by atoms with Gasteiger partial charge in [-0.25, -0.2) is 9.97 Å². The lowest BCUT2D eigenvalue weighted by molar-refractivity contribution is 0.724. The minimum Gasteiger partial charge on any atom is -0.326 e. The standard InChI is InChI=1S/C14H15N3/c15-7-10-8-16-14(17-9-10)13-6-5-11-3-1-2-4-12(11)13/h1-4,8-9,13H,5-7,15H2. The van der Waals surface area contributed by atoms with E-state index in [0.29, 0.717) is 12.5 Å². The molecule has 1 aliphatic rings. The van der Waals surface area contributed by atoms with Crippen molar-refractivity contribution in [2.24, 2.45) is 5.73 Å². The summed E-state index contributed by atoms with van der Waals surface area (Å²) in [5, 5.41) is 0. The normalized spacial score (nSPS) is 18.1. The van der Waals surface area contributed by atoms with Gasteiger partial charge >= 0.3 is 0 Å². The molecule has 1 atom stereocenters. The van der Waals surface area contributed by atoms with Crippen LogP contribution in [0.15, 0.2) is 36.7 Å². The first-order chi connectivity index (χ1) is 8.38. The van der Waals surface area contributed by atoms with Crippen LogP contribution in [0, 0.1) is 0 Å². The van der Waals surface area contributed by atoms with Gasteiger partial charge in [0.15, 0.2) is 0 Å². The predicted octanol–water partition coefficient (Wildman–Crippen LogP) is 2.01. The Kier molecular flexibility index (Phi) is 2.61. The molecule has 0 amide bonds. The summed E-state index contributed by atoms with van der Waals surface area (Å²) in [6, 6.07) is 8.57. The minimum absolute atomic E-state index is 0.359. The van der Waals surface area contributed by atoms with Crippen LogP contribution in [0.4, 0.5) is 0 Å². The summed E-state index contributed by atoms with van der Waals surface area (Å²) in [5.74, 6) is 1.28. The predicted molar refractivity (Wildman–Crippen MR) is 66.5 cm³/mol. The quantitative estimate of drug-likeness (QED) is 0.850. The smallest absolute Gasteiger partial charge is 0.135 e. The van der Waals surface area contributed by atoms with Crippen molar-refractivity contribution in [1.82, 2.24) is 9.97 Å². The minimum atomic E-state index is 0.359. The van der Waals surface area contributed by atoms with Crippen molar-refractivity contribution in [2.45, 2.75) is 25.3 Å². The Hall–Kier alpha value is -1.74.